The van der Waals surface area contributed by atoms with Crippen LogP contribution in [0.15, 0.2) is 158 Å². The highest BCUT2D eigenvalue weighted by molar-refractivity contribution is 5.89. The molecule has 0 atom stereocenters. The first kappa shape index (κ1) is 29.3. The van der Waals surface area contributed by atoms with Gasteiger partial charge in [-0.05, 0) is 99.0 Å². The number of fused-ring (bicyclic) bond motifs is 2. The summed E-state index contributed by atoms with van der Waals surface area (Å²) >= 11 is 0. The first-order valence-corrected chi connectivity index (χ1v) is 16.1. The second kappa shape index (κ2) is 12.9. The van der Waals surface area contributed by atoms with Gasteiger partial charge in [-0.25, -0.2) is 4.98 Å². The number of aromatic nitrogens is 2. The maximum Gasteiger partial charge on any atom is 0.137 e. The number of pyridine rings is 1. The molecule has 0 N–H and O–H groups in total. The third-order valence-electron chi connectivity index (χ3n) is 8.59. The summed E-state index contributed by atoms with van der Waals surface area (Å²) in [7, 11) is 0. The van der Waals surface area contributed by atoms with Crippen LogP contribution in [-0.4, -0.2) is 9.38 Å². The molecule has 0 amide bonds. The van der Waals surface area contributed by atoms with E-state index in [2.05, 4.69) is 183 Å². The molecule has 0 unspecified atom stereocenters. The molecule has 2 nitrogen and oxygen atoms in total. The van der Waals surface area contributed by atoms with E-state index in [4.69, 9.17) is 4.98 Å². The number of imidazole rings is 1. The molecule has 7 aromatic rings. The SMILES string of the molecule is C/C(=C\C=C/C(C)C)c1cc(-c2cccc(Cc3nc4ccccn4c3-c3ccccc3)c2)cc(-c2ccc3ccccc3c2)c1. The van der Waals surface area contributed by atoms with Crippen molar-refractivity contribution in [2.45, 2.75) is 27.2 Å². The quantitative estimate of drug-likeness (QED) is 0.160. The zero-order valence-corrected chi connectivity index (χ0v) is 26.7. The van der Waals surface area contributed by atoms with E-state index in [9.17, 15) is 0 Å². The third kappa shape index (κ3) is 6.20. The van der Waals surface area contributed by atoms with E-state index in [1.54, 1.807) is 0 Å². The molecule has 0 aliphatic rings. The summed E-state index contributed by atoms with van der Waals surface area (Å²) in [5, 5.41) is 2.51. The van der Waals surface area contributed by atoms with Crippen molar-refractivity contribution in [3.8, 4) is 33.5 Å². The summed E-state index contributed by atoms with van der Waals surface area (Å²) in [5.41, 5.74) is 12.9. The maximum absolute atomic E-state index is 5.09. The number of hydrogen-bond donors (Lipinski definition) is 0. The maximum atomic E-state index is 5.09. The van der Waals surface area contributed by atoms with Crippen LogP contribution >= 0.6 is 0 Å². The molecule has 0 saturated heterocycles. The molecule has 5 aromatic carbocycles. The molecule has 0 radical (unpaired) electrons. The van der Waals surface area contributed by atoms with E-state index in [-0.39, 0.29) is 0 Å². The van der Waals surface area contributed by atoms with Gasteiger partial charge in [-0.1, -0.05) is 129 Å². The van der Waals surface area contributed by atoms with Crippen LogP contribution in [0.5, 0.6) is 0 Å². The Labute approximate surface area is 272 Å². The van der Waals surface area contributed by atoms with Crippen LogP contribution in [0.2, 0.25) is 0 Å². The van der Waals surface area contributed by atoms with E-state index in [0.29, 0.717) is 5.92 Å². The monoisotopic (exact) mass is 594 g/mol. The van der Waals surface area contributed by atoms with Gasteiger partial charge in [-0.3, -0.25) is 4.40 Å². The highest BCUT2D eigenvalue weighted by atomic mass is 15.0. The van der Waals surface area contributed by atoms with Gasteiger partial charge in [0.25, 0.3) is 0 Å². The molecule has 0 fully saturated rings. The largest absolute Gasteiger partial charge is 0.299 e. The molecule has 7 rings (SSSR count). The minimum atomic E-state index is 0.515. The van der Waals surface area contributed by atoms with Crippen molar-refractivity contribution in [2.75, 3.05) is 0 Å². The lowest BCUT2D eigenvalue weighted by atomic mass is 9.91. The Balaban J connectivity index is 1.31. The Morgan fingerprint density at radius 2 is 1.37 bits per heavy atom. The fourth-order valence-electron chi connectivity index (χ4n) is 6.20. The summed E-state index contributed by atoms with van der Waals surface area (Å²) < 4.78 is 2.21. The van der Waals surface area contributed by atoms with Crippen LogP contribution in [0.4, 0.5) is 0 Å². The Hall–Kier alpha value is -5.47. The fraction of sp³-hybridized carbons (Fsp3) is 0.114. The predicted octanol–water partition coefficient (Wildman–Crippen LogP) is 11.7. The van der Waals surface area contributed by atoms with Crippen LogP contribution in [0.3, 0.4) is 0 Å². The highest BCUT2D eigenvalue weighted by Crippen LogP contribution is 2.34. The molecule has 2 heterocycles. The van der Waals surface area contributed by atoms with Gasteiger partial charge in [-0.2, -0.15) is 0 Å². The van der Waals surface area contributed by atoms with Gasteiger partial charge in [0.05, 0.1) is 11.4 Å². The Morgan fingerprint density at radius 1 is 0.652 bits per heavy atom. The minimum absolute atomic E-state index is 0.515. The summed E-state index contributed by atoms with van der Waals surface area (Å²) in [5.74, 6) is 0.515. The number of hydrogen-bond acceptors (Lipinski definition) is 1. The second-order valence-electron chi connectivity index (χ2n) is 12.4. The molecule has 0 bridgehead atoms. The second-order valence-corrected chi connectivity index (χ2v) is 12.4. The molecule has 0 saturated carbocycles. The predicted molar refractivity (Wildman–Crippen MR) is 196 cm³/mol. The van der Waals surface area contributed by atoms with Crippen molar-refractivity contribution in [3.63, 3.8) is 0 Å². The van der Waals surface area contributed by atoms with Crippen LogP contribution < -0.4 is 0 Å². The lowest BCUT2D eigenvalue weighted by molar-refractivity contribution is 0.832. The molecule has 224 valence electrons. The third-order valence-corrected chi connectivity index (χ3v) is 8.59. The van der Waals surface area contributed by atoms with Gasteiger partial charge < -0.3 is 0 Å². The van der Waals surface area contributed by atoms with Crippen LogP contribution in [0, 0.1) is 5.92 Å². The molecule has 0 aliphatic carbocycles. The Morgan fingerprint density at radius 3 is 2.17 bits per heavy atom. The lowest BCUT2D eigenvalue weighted by Crippen LogP contribution is -1.94. The molecule has 0 aliphatic heterocycles. The zero-order chi connectivity index (χ0) is 31.5. The minimum Gasteiger partial charge on any atom is -0.299 e. The summed E-state index contributed by atoms with van der Waals surface area (Å²) in [4.78, 5) is 5.09. The fourth-order valence-corrected chi connectivity index (χ4v) is 6.20. The van der Waals surface area contributed by atoms with Crippen molar-refractivity contribution in [2.24, 2.45) is 5.92 Å². The molecule has 46 heavy (non-hydrogen) atoms. The number of nitrogens with zero attached hydrogens (tertiary/aromatic N) is 2. The topological polar surface area (TPSA) is 17.3 Å². The van der Waals surface area contributed by atoms with Crippen LogP contribution in [0.1, 0.15) is 37.6 Å². The average molecular weight is 595 g/mol. The van der Waals surface area contributed by atoms with E-state index in [1.807, 2.05) is 0 Å². The van der Waals surface area contributed by atoms with Gasteiger partial charge in [-0.15, -0.1) is 0 Å². The van der Waals surface area contributed by atoms with E-state index >= 15 is 0 Å². The normalized spacial score (nSPS) is 12.1. The van der Waals surface area contributed by atoms with Crippen molar-refractivity contribution in [1.82, 2.24) is 9.38 Å². The van der Waals surface area contributed by atoms with Gasteiger partial charge in [0.15, 0.2) is 0 Å². The van der Waals surface area contributed by atoms with E-state index in [1.165, 1.54) is 55.3 Å². The molecular formula is C44H38N2. The van der Waals surface area contributed by atoms with Crippen LogP contribution in [-0.2, 0) is 6.42 Å². The van der Waals surface area contributed by atoms with Gasteiger partial charge >= 0.3 is 0 Å². The number of allylic oxidation sites excluding steroid dienone is 4. The zero-order valence-electron chi connectivity index (χ0n) is 26.7. The lowest BCUT2D eigenvalue weighted by Gasteiger charge is -2.13. The Kier molecular flexibility index (Phi) is 8.18. The molecule has 0 spiro atoms. The van der Waals surface area contributed by atoms with Crippen LogP contribution in [0.25, 0.3) is 55.5 Å². The van der Waals surface area contributed by atoms with E-state index in [0.717, 1.165) is 23.5 Å². The summed E-state index contributed by atoms with van der Waals surface area (Å²) in [6.07, 6.45) is 9.51. The first-order chi connectivity index (χ1) is 22.5. The van der Waals surface area contributed by atoms with Crippen molar-refractivity contribution >= 4 is 22.0 Å². The molecule has 2 aromatic heterocycles. The number of benzene rings is 5. The first-order valence-electron chi connectivity index (χ1n) is 16.1. The highest BCUT2D eigenvalue weighted by Gasteiger charge is 2.15. The molecular weight excluding hydrogens is 556 g/mol. The van der Waals surface area contributed by atoms with Gasteiger partial charge in [0.1, 0.15) is 5.65 Å². The van der Waals surface area contributed by atoms with Gasteiger partial charge in [0.2, 0.25) is 0 Å². The Bertz CT molecular complexity index is 2210. The summed E-state index contributed by atoms with van der Waals surface area (Å²) in [6, 6.07) is 48.1. The van der Waals surface area contributed by atoms with Gasteiger partial charge in [0, 0.05) is 18.2 Å². The summed E-state index contributed by atoms with van der Waals surface area (Å²) in [6.45, 7) is 6.62. The average Bonchev–Trinajstić information content (AvgIpc) is 3.45. The van der Waals surface area contributed by atoms with Crippen molar-refractivity contribution in [1.29, 1.82) is 0 Å². The smallest absolute Gasteiger partial charge is 0.137 e. The van der Waals surface area contributed by atoms with E-state index < -0.39 is 0 Å². The number of rotatable bonds is 8. The van der Waals surface area contributed by atoms with Crippen molar-refractivity contribution in [3.05, 3.63) is 175 Å². The van der Waals surface area contributed by atoms with Crippen molar-refractivity contribution < 1.29 is 0 Å². The standard InChI is InChI=1S/C44H38N2/c1-31(2)13-11-14-32(3)39-28-40(30-41(29-39)38-23-22-34-16-7-8-19-37(34)27-38)36-20-12-15-33(25-36)26-42-44(35-17-5-4-6-18-35)46-24-10-9-21-43(46)45-42/h4-25,27-31H,26H2,1-3H3/b13-11-,32-14+. The molecule has 2 heteroatoms.